The molecule has 4 nitrogen and oxygen atoms in total. The fourth-order valence-corrected chi connectivity index (χ4v) is 1.95. The summed E-state index contributed by atoms with van der Waals surface area (Å²) in [5.74, 6) is -0.00231. The van der Waals surface area contributed by atoms with Crippen molar-refractivity contribution in [2.45, 2.75) is 25.8 Å². The average molecular weight is 219 g/mol. The molecule has 0 radical (unpaired) electrons. The number of aryl methyl sites for hydroxylation is 1. The Morgan fingerprint density at radius 1 is 1.50 bits per heavy atom. The summed E-state index contributed by atoms with van der Waals surface area (Å²) in [6, 6.07) is 3.91. The summed E-state index contributed by atoms with van der Waals surface area (Å²) >= 11 is 0. The smallest absolute Gasteiger partial charge is 0.253 e. The monoisotopic (exact) mass is 219 g/mol. The SMILES string of the molecule is Cc1ncccc1C(=O)NC1CCNCC1. The second-order valence-electron chi connectivity index (χ2n) is 4.13. The lowest BCUT2D eigenvalue weighted by Gasteiger charge is -2.23. The van der Waals surface area contributed by atoms with E-state index in [2.05, 4.69) is 15.6 Å². The Morgan fingerprint density at radius 3 is 2.94 bits per heavy atom. The Hall–Kier alpha value is -1.42. The third-order valence-corrected chi connectivity index (χ3v) is 2.93. The highest BCUT2D eigenvalue weighted by Crippen LogP contribution is 2.07. The van der Waals surface area contributed by atoms with Crippen molar-refractivity contribution in [2.24, 2.45) is 0 Å². The molecule has 0 atom stereocenters. The van der Waals surface area contributed by atoms with Gasteiger partial charge in [-0.1, -0.05) is 0 Å². The number of aromatic nitrogens is 1. The zero-order valence-electron chi connectivity index (χ0n) is 9.49. The van der Waals surface area contributed by atoms with Crippen molar-refractivity contribution in [1.29, 1.82) is 0 Å². The van der Waals surface area contributed by atoms with E-state index in [0.29, 0.717) is 11.6 Å². The zero-order valence-corrected chi connectivity index (χ0v) is 9.49. The summed E-state index contributed by atoms with van der Waals surface area (Å²) in [6.45, 7) is 3.82. The number of hydrogen-bond donors (Lipinski definition) is 2. The summed E-state index contributed by atoms with van der Waals surface area (Å²) in [6.07, 6.45) is 3.72. The lowest BCUT2D eigenvalue weighted by Crippen LogP contribution is -2.42. The maximum atomic E-state index is 12.0. The molecule has 0 saturated carbocycles. The van der Waals surface area contributed by atoms with Gasteiger partial charge in [0.25, 0.3) is 5.91 Å². The van der Waals surface area contributed by atoms with Crippen molar-refractivity contribution >= 4 is 5.91 Å². The van der Waals surface area contributed by atoms with E-state index in [-0.39, 0.29) is 5.91 Å². The Labute approximate surface area is 95.5 Å². The lowest BCUT2D eigenvalue weighted by molar-refractivity contribution is 0.0928. The van der Waals surface area contributed by atoms with Crippen LogP contribution in [-0.2, 0) is 0 Å². The third kappa shape index (κ3) is 2.58. The van der Waals surface area contributed by atoms with Crippen molar-refractivity contribution in [2.75, 3.05) is 13.1 Å². The molecule has 0 aromatic carbocycles. The minimum Gasteiger partial charge on any atom is -0.349 e. The summed E-state index contributed by atoms with van der Waals surface area (Å²) < 4.78 is 0. The normalized spacial score (nSPS) is 17.1. The second-order valence-corrected chi connectivity index (χ2v) is 4.13. The van der Waals surface area contributed by atoms with Crippen LogP contribution >= 0.6 is 0 Å². The molecule has 1 aromatic heterocycles. The highest BCUT2D eigenvalue weighted by molar-refractivity contribution is 5.95. The van der Waals surface area contributed by atoms with E-state index in [1.165, 1.54) is 0 Å². The molecule has 0 aliphatic carbocycles. The van der Waals surface area contributed by atoms with E-state index in [0.717, 1.165) is 31.6 Å². The van der Waals surface area contributed by atoms with Gasteiger partial charge in [-0.25, -0.2) is 0 Å². The molecule has 1 amide bonds. The van der Waals surface area contributed by atoms with Crippen LogP contribution in [0, 0.1) is 6.92 Å². The fraction of sp³-hybridized carbons (Fsp3) is 0.500. The first-order chi connectivity index (χ1) is 7.77. The first kappa shape index (κ1) is 11.1. The van der Waals surface area contributed by atoms with Gasteiger partial charge in [0.05, 0.1) is 5.56 Å². The minimum absolute atomic E-state index is 0.00231. The molecule has 1 saturated heterocycles. The molecular weight excluding hydrogens is 202 g/mol. The molecule has 86 valence electrons. The van der Waals surface area contributed by atoms with E-state index >= 15 is 0 Å². The van der Waals surface area contributed by atoms with Gasteiger partial charge in [0, 0.05) is 17.9 Å². The largest absolute Gasteiger partial charge is 0.349 e. The van der Waals surface area contributed by atoms with Crippen LogP contribution in [0.4, 0.5) is 0 Å². The van der Waals surface area contributed by atoms with E-state index < -0.39 is 0 Å². The van der Waals surface area contributed by atoms with Gasteiger partial charge >= 0.3 is 0 Å². The van der Waals surface area contributed by atoms with E-state index in [1.807, 2.05) is 13.0 Å². The number of rotatable bonds is 2. The van der Waals surface area contributed by atoms with Crippen LogP contribution in [0.5, 0.6) is 0 Å². The molecule has 2 N–H and O–H groups in total. The maximum Gasteiger partial charge on any atom is 0.253 e. The number of piperidine rings is 1. The predicted octanol–water partition coefficient (Wildman–Crippen LogP) is 0.872. The molecular formula is C12H17N3O. The Kier molecular flexibility index (Phi) is 3.51. The van der Waals surface area contributed by atoms with Crippen molar-refractivity contribution < 1.29 is 4.79 Å². The van der Waals surface area contributed by atoms with Crippen LogP contribution in [0.25, 0.3) is 0 Å². The Balaban J connectivity index is 2.00. The highest BCUT2D eigenvalue weighted by Gasteiger charge is 2.17. The number of carbonyl (C=O) groups excluding carboxylic acids is 1. The van der Waals surface area contributed by atoms with Gasteiger partial charge in [-0.05, 0) is 45.0 Å². The van der Waals surface area contributed by atoms with Gasteiger partial charge in [-0.2, -0.15) is 0 Å². The van der Waals surface area contributed by atoms with Crippen molar-refractivity contribution in [3.05, 3.63) is 29.6 Å². The van der Waals surface area contributed by atoms with Gasteiger partial charge in [-0.15, -0.1) is 0 Å². The van der Waals surface area contributed by atoms with Crippen LogP contribution in [0.15, 0.2) is 18.3 Å². The number of nitrogens with one attached hydrogen (secondary N) is 2. The molecule has 1 aliphatic heterocycles. The fourth-order valence-electron chi connectivity index (χ4n) is 1.95. The Bertz CT molecular complexity index is 372. The van der Waals surface area contributed by atoms with Gasteiger partial charge in [0.2, 0.25) is 0 Å². The number of hydrogen-bond acceptors (Lipinski definition) is 3. The van der Waals surface area contributed by atoms with E-state index in [9.17, 15) is 4.79 Å². The zero-order chi connectivity index (χ0) is 11.4. The van der Waals surface area contributed by atoms with E-state index in [4.69, 9.17) is 0 Å². The minimum atomic E-state index is -0.00231. The topological polar surface area (TPSA) is 54.0 Å². The molecule has 2 heterocycles. The standard InChI is InChI=1S/C12H17N3O/c1-9-11(3-2-6-14-9)12(16)15-10-4-7-13-8-5-10/h2-3,6,10,13H,4-5,7-8H2,1H3,(H,15,16). The summed E-state index contributed by atoms with van der Waals surface area (Å²) in [7, 11) is 0. The first-order valence-electron chi connectivity index (χ1n) is 5.70. The van der Waals surface area contributed by atoms with E-state index in [1.54, 1.807) is 12.3 Å². The van der Waals surface area contributed by atoms with Gasteiger partial charge < -0.3 is 10.6 Å². The third-order valence-electron chi connectivity index (χ3n) is 2.93. The molecule has 0 bridgehead atoms. The summed E-state index contributed by atoms with van der Waals surface area (Å²) in [4.78, 5) is 16.1. The molecule has 0 spiro atoms. The number of nitrogens with zero attached hydrogens (tertiary/aromatic N) is 1. The number of amides is 1. The van der Waals surface area contributed by atoms with Gasteiger partial charge in [-0.3, -0.25) is 9.78 Å². The van der Waals surface area contributed by atoms with Crippen LogP contribution in [0.3, 0.4) is 0 Å². The van der Waals surface area contributed by atoms with Crippen molar-refractivity contribution in [1.82, 2.24) is 15.6 Å². The predicted molar refractivity (Wildman–Crippen MR) is 62.3 cm³/mol. The molecule has 4 heteroatoms. The lowest BCUT2D eigenvalue weighted by atomic mass is 10.1. The molecule has 2 rings (SSSR count). The molecule has 16 heavy (non-hydrogen) atoms. The van der Waals surface area contributed by atoms with Crippen LogP contribution in [-0.4, -0.2) is 30.0 Å². The van der Waals surface area contributed by atoms with Crippen molar-refractivity contribution in [3.8, 4) is 0 Å². The first-order valence-corrected chi connectivity index (χ1v) is 5.70. The average Bonchev–Trinajstić information content (AvgIpc) is 2.31. The highest BCUT2D eigenvalue weighted by atomic mass is 16.1. The van der Waals surface area contributed by atoms with Crippen LogP contribution < -0.4 is 10.6 Å². The van der Waals surface area contributed by atoms with Gasteiger partial charge in [0.1, 0.15) is 0 Å². The second kappa shape index (κ2) is 5.07. The summed E-state index contributed by atoms with van der Waals surface area (Å²) in [5.41, 5.74) is 1.47. The quantitative estimate of drug-likeness (QED) is 0.776. The molecule has 1 aromatic rings. The van der Waals surface area contributed by atoms with Crippen molar-refractivity contribution in [3.63, 3.8) is 0 Å². The van der Waals surface area contributed by atoms with Crippen LogP contribution in [0.1, 0.15) is 28.9 Å². The van der Waals surface area contributed by atoms with Crippen LogP contribution in [0.2, 0.25) is 0 Å². The molecule has 0 unspecified atom stereocenters. The molecule has 1 aliphatic rings. The summed E-state index contributed by atoms with van der Waals surface area (Å²) in [5, 5.41) is 6.33. The molecule has 1 fully saturated rings. The number of carbonyl (C=O) groups is 1. The number of pyridine rings is 1. The Morgan fingerprint density at radius 2 is 2.25 bits per heavy atom. The maximum absolute atomic E-state index is 12.0. The van der Waals surface area contributed by atoms with Gasteiger partial charge in [0.15, 0.2) is 0 Å².